The first-order chi connectivity index (χ1) is 6.32. The van der Waals surface area contributed by atoms with E-state index < -0.39 is 25.6 Å². The van der Waals surface area contributed by atoms with E-state index in [4.69, 9.17) is 0 Å². The van der Waals surface area contributed by atoms with E-state index in [2.05, 4.69) is 0 Å². The molecule has 6 nitrogen and oxygen atoms in total. The Labute approximate surface area is 108 Å². The number of rotatable bonds is 2. The summed E-state index contributed by atoms with van der Waals surface area (Å²) in [5.41, 5.74) is -0.163. The molecule has 0 aromatic heterocycles. The van der Waals surface area contributed by atoms with Gasteiger partial charge in [-0.25, -0.2) is 8.42 Å². The van der Waals surface area contributed by atoms with Gasteiger partial charge < -0.3 is 4.55 Å². The Bertz CT molecular complexity index is 484. The summed E-state index contributed by atoms with van der Waals surface area (Å²) >= 11 is 0. The number of benzene rings is 1. The molecule has 0 N–H and O–H groups in total. The third-order valence-corrected chi connectivity index (χ3v) is 2.46. The van der Waals surface area contributed by atoms with E-state index >= 15 is 0 Å². The van der Waals surface area contributed by atoms with Crippen LogP contribution in [0, 0.1) is 17.0 Å². The first-order valence-electron chi connectivity index (χ1n) is 3.53. The molecule has 0 bridgehead atoms. The Morgan fingerprint density at radius 1 is 1.33 bits per heavy atom. The summed E-state index contributed by atoms with van der Waals surface area (Å²) in [6.45, 7) is 1.56. The predicted molar refractivity (Wildman–Crippen MR) is 45.8 cm³/mol. The van der Waals surface area contributed by atoms with Crippen LogP contribution in [-0.2, 0) is 10.1 Å². The Morgan fingerprint density at radius 3 is 2.27 bits per heavy atom. The third-order valence-electron chi connectivity index (χ3n) is 1.58. The van der Waals surface area contributed by atoms with E-state index in [-0.39, 0.29) is 29.6 Å². The van der Waals surface area contributed by atoms with Gasteiger partial charge in [-0.2, -0.15) is 0 Å². The number of hydrogen-bond acceptors (Lipinski definition) is 5. The molecular formula is C7H6NNaO5S. The van der Waals surface area contributed by atoms with Gasteiger partial charge in [-0.15, -0.1) is 0 Å². The van der Waals surface area contributed by atoms with Crippen LogP contribution in [-0.4, -0.2) is 17.9 Å². The summed E-state index contributed by atoms with van der Waals surface area (Å²) in [5, 5.41) is 10.4. The maximum atomic E-state index is 10.6. The van der Waals surface area contributed by atoms with Crippen molar-refractivity contribution in [3.63, 3.8) is 0 Å². The number of nitro groups is 1. The fraction of sp³-hybridized carbons (Fsp3) is 0.143. The molecule has 0 aliphatic rings. The van der Waals surface area contributed by atoms with E-state index in [1.54, 1.807) is 6.92 Å². The monoisotopic (exact) mass is 239 g/mol. The van der Waals surface area contributed by atoms with Crippen molar-refractivity contribution < 1.29 is 47.5 Å². The van der Waals surface area contributed by atoms with Crippen LogP contribution < -0.4 is 29.6 Å². The standard InChI is InChI=1S/C7H7NO5S.Na/c1-5-2-3-7(14(11,12)13)6(4-5)8(9)10;/h2-4H,1H3,(H,11,12,13);/q;+1/p-1. The molecule has 1 aromatic carbocycles. The van der Waals surface area contributed by atoms with Crippen LogP contribution in [0.3, 0.4) is 0 Å². The molecule has 1 aromatic rings. The van der Waals surface area contributed by atoms with Gasteiger partial charge in [-0.1, -0.05) is 6.07 Å². The van der Waals surface area contributed by atoms with Crippen molar-refractivity contribution in [2.24, 2.45) is 0 Å². The zero-order chi connectivity index (χ0) is 10.9. The Morgan fingerprint density at radius 2 is 1.87 bits per heavy atom. The predicted octanol–water partition coefficient (Wildman–Crippen LogP) is -2.19. The summed E-state index contributed by atoms with van der Waals surface area (Å²) in [6, 6.07) is 3.32. The average molecular weight is 239 g/mol. The molecule has 0 radical (unpaired) electrons. The van der Waals surface area contributed by atoms with Gasteiger partial charge in [0.1, 0.15) is 15.0 Å². The van der Waals surface area contributed by atoms with Crippen LogP contribution in [0.4, 0.5) is 5.69 Å². The topological polar surface area (TPSA) is 100 Å². The maximum Gasteiger partial charge on any atom is 1.00 e. The minimum atomic E-state index is -4.79. The second-order valence-corrected chi connectivity index (χ2v) is 4.03. The minimum absolute atomic E-state index is 0. The Balaban J connectivity index is 0.00000196. The molecule has 0 saturated carbocycles. The molecule has 0 spiro atoms. The van der Waals surface area contributed by atoms with E-state index in [9.17, 15) is 23.1 Å². The zero-order valence-electron chi connectivity index (χ0n) is 8.13. The molecule has 15 heavy (non-hydrogen) atoms. The third kappa shape index (κ3) is 3.54. The van der Waals surface area contributed by atoms with Crippen LogP contribution in [0.5, 0.6) is 0 Å². The van der Waals surface area contributed by atoms with Crippen LogP contribution in [0.15, 0.2) is 23.1 Å². The fourth-order valence-electron chi connectivity index (χ4n) is 0.981. The van der Waals surface area contributed by atoms with Gasteiger partial charge in [0.05, 0.1) is 4.92 Å². The van der Waals surface area contributed by atoms with Crippen LogP contribution in [0.2, 0.25) is 0 Å². The van der Waals surface area contributed by atoms with E-state index in [0.29, 0.717) is 5.56 Å². The van der Waals surface area contributed by atoms with E-state index in [1.165, 1.54) is 6.07 Å². The summed E-state index contributed by atoms with van der Waals surface area (Å²) in [6.07, 6.45) is 0. The van der Waals surface area contributed by atoms with Gasteiger partial charge in [0.25, 0.3) is 5.69 Å². The van der Waals surface area contributed by atoms with Crippen molar-refractivity contribution in [2.75, 3.05) is 0 Å². The number of aryl methyl sites for hydroxylation is 1. The van der Waals surface area contributed by atoms with Gasteiger partial charge in [-0.05, 0) is 18.6 Å². The smallest absolute Gasteiger partial charge is 0.744 e. The SMILES string of the molecule is Cc1ccc(S(=O)(=O)[O-])c([N+](=O)[O-])c1.[Na+]. The van der Waals surface area contributed by atoms with E-state index in [1.807, 2.05) is 0 Å². The molecule has 0 amide bonds. The van der Waals surface area contributed by atoms with Crippen LogP contribution in [0.1, 0.15) is 5.56 Å². The fourth-order valence-corrected chi connectivity index (χ4v) is 1.61. The Kier molecular flexibility index (Phi) is 4.88. The van der Waals surface area contributed by atoms with Gasteiger partial charge in [0.2, 0.25) is 0 Å². The molecular weight excluding hydrogens is 233 g/mol. The molecule has 0 atom stereocenters. The van der Waals surface area contributed by atoms with Crippen molar-refractivity contribution in [2.45, 2.75) is 11.8 Å². The van der Waals surface area contributed by atoms with Crippen molar-refractivity contribution >= 4 is 15.8 Å². The van der Waals surface area contributed by atoms with Gasteiger partial charge in [0.15, 0.2) is 0 Å². The second-order valence-electron chi connectivity index (χ2n) is 2.68. The molecule has 0 saturated heterocycles. The second kappa shape index (κ2) is 5.04. The van der Waals surface area contributed by atoms with Gasteiger partial charge >= 0.3 is 29.6 Å². The quantitative estimate of drug-likeness (QED) is 0.252. The zero-order valence-corrected chi connectivity index (χ0v) is 10.9. The van der Waals surface area contributed by atoms with Gasteiger partial charge in [-0.3, -0.25) is 10.1 Å². The first kappa shape index (κ1) is 14.5. The molecule has 8 heteroatoms. The molecule has 0 fully saturated rings. The Hall–Kier alpha value is -0.470. The minimum Gasteiger partial charge on any atom is -0.744 e. The maximum absolute atomic E-state index is 10.6. The summed E-state index contributed by atoms with van der Waals surface area (Å²) in [7, 11) is -4.79. The van der Waals surface area contributed by atoms with Crippen LogP contribution >= 0.6 is 0 Å². The molecule has 0 aliphatic heterocycles. The van der Waals surface area contributed by atoms with Crippen LogP contribution in [0.25, 0.3) is 0 Å². The van der Waals surface area contributed by atoms with E-state index in [0.717, 1.165) is 12.1 Å². The van der Waals surface area contributed by atoms with Gasteiger partial charge in [0, 0.05) is 6.07 Å². The number of nitro benzene ring substituents is 1. The molecule has 1 rings (SSSR count). The van der Waals surface area contributed by atoms with Crippen molar-refractivity contribution in [1.29, 1.82) is 0 Å². The van der Waals surface area contributed by atoms with Crippen molar-refractivity contribution in [3.8, 4) is 0 Å². The largest absolute Gasteiger partial charge is 1.00 e. The average Bonchev–Trinajstić information content (AvgIpc) is 2.01. The summed E-state index contributed by atoms with van der Waals surface area (Å²) in [4.78, 5) is 8.73. The normalized spacial score (nSPS) is 10.5. The molecule has 0 unspecified atom stereocenters. The first-order valence-corrected chi connectivity index (χ1v) is 4.94. The number of nitrogens with zero attached hydrogens (tertiary/aromatic N) is 1. The summed E-state index contributed by atoms with van der Waals surface area (Å²) < 4.78 is 31.8. The summed E-state index contributed by atoms with van der Waals surface area (Å²) in [5.74, 6) is 0. The molecule has 76 valence electrons. The van der Waals surface area contributed by atoms with Crippen molar-refractivity contribution in [3.05, 3.63) is 33.9 Å². The van der Waals surface area contributed by atoms with Crippen molar-refractivity contribution in [1.82, 2.24) is 0 Å². The number of hydrogen-bond donors (Lipinski definition) is 0. The molecule has 0 aliphatic carbocycles. The molecule has 0 heterocycles.